The average Bonchev–Trinajstić information content (AvgIpc) is 3.04. The molecule has 0 N–H and O–H groups in total. The minimum absolute atomic E-state index is 0.910. The number of hydrogen-bond donors (Lipinski definition) is 0. The first-order valence-corrected chi connectivity index (χ1v) is 8.36. The van der Waals surface area contributed by atoms with Gasteiger partial charge in [0.2, 0.25) is 0 Å². The van der Waals surface area contributed by atoms with E-state index in [0.717, 1.165) is 49.8 Å². The third kappa shape index (κ3) is 3.08. The van der Waals surface area contributed by atoms with Crippen molar-refractivity contribution in [1.82, 2.24) is 14.3 Å². The summed E-state index contributed by atoms with van der Waals surface area (Å²) in [6.45, 7) is 5.06. The van der Waals surface area contributed by atoms with Crippen molar-refractivity contribution < 1.29 is 4.74 Å². The van der Waals surface area contributed by atoms with Crippen molar-refractivity contribution in [3.8, 4) is 5.75 Å². The molecular formula is C19H22N4O. The molecule has 1 aliphatic rings. The van der Waals surface area contributed by atoms with Crippen molar-refractivity contribution >= 4 is 11.3 Å². The molecule has 5 nitrogen and oxygen atoms in total. The van der Waals surface area contributed by atoms with Crippen LogP contribution in [0.2, 0.25) is 0 Å². The molecule has 0 spiro atoms. The number of ether oxygens (including phenoxy) is 1. The fourth-order valence-corrected chi connectivity index (χ4v) is 3.26. The molecule has 1 saturated heterocycles. The fraction of sp³-hybridized carbons (Fsp3) is 0.316. The lowest BCUT2D eigenvalue weighted by atomic mass is 10.2. The molecule has 1 fully saturated rings. The highest BCUT2D eigenvalue weighted by Gasteiger charge is 2.18. The number of piperazine rings is 1. The summed E-state index contributed by atoms with van der Waals surface area (Å²) in [5.74, 6) is 0.916. The van der Waals surface area contributed by atoms with Crippen LogP contribution in [-0.4, -0.2) is 47.6 Å². The summed E-state index contributed by atoms with van der Waals surface area (Å²) in [5, 5.41) is 0. The minimum Gasteiger partial charge on any atom is -0.497 e. The van der Waals surface area contributed by atoms with Crippen LogP contribution < -0.4 is 9.64 Å². The Bertz CT molecular complexity index is 788. The molecule has 1 aromatic carbocycles. The molecule has 5 heteroatoms. The lowest BCUT2D eigenvalue weighted by molar-refractivity contribution is 0.247. The highest BCUT2D eigenvalue weighted by atomic mass is 16.5. The van der Waals surface area contributed by atoms with Crippen LogP contribution in [0.4, 0.5) is 5.69 Å². The van der Waals surface area contributed by atoms with E-state index >= 15 is 0 Å². The van der Waals surface area contributed by atoms with E-state index in [1.807, 2.05) is 30.5 Å². The molecule has 0 aliphatic carbocycles. The number of benzene rings is 1. The number of imidazole rings is 1. The van der Waals surface area contributed by atoms with Gasteiger partial charge in [0.15, 0.2) is 0 Å². The van der Waals surface area contributed by atoms with E-state index in [-0.39, 0.29) is 0 Å². The predicted molar refractivity (Wildman–Crippen MR) is 95.7 cm³/mol. The van der Waals surface area contributed by atoms with E-state index in [4.69, 9.17) is 9.72 Å². The Balaban J connectivity index is 1.38. The summed E-state index contributed by atoms with van der Waals surface area (Å²) in [7, 11) is 1.71. The molecule has 24 heavy (non-hydrogen) atoms. The van der Waals surface area contributed by atoms with Gasteiger partial charge in [0.05, 0.1) is 12.8 Å². The van der Waals surface area contributed by atoms with Crippen molar-refractivity contribution in [2.75, 3.05) is 38.2 Å². The summed E-state index contributed by atoms with van der Waals surface area (Å²) in [6.07, 6.45) is 4.18. The quantitative estimate of drug-likeness (QED) is 0.739. The molecule has 4 rings (SSSR count). The van der Waals surface area contributed by atoms with Gasteiger partial charge < -0.3 is 14.0 Å². The fourth-order valence-electron chi connectivity index (χ4n) is 3.26. The average molecular weight is 322 g/mol. The summed E-state index contributed by atoms with van der Waals surface area (Å²) in [5.41, 5.74) is 3.39. The second-order valence-corrected chi connectivity index (χ2v) is 6.16. The predicted octanol–water partition coefficient (Wildman–Crippen LogP) is 2.67. The number of hydrogen-bond acceptors (Lipinski definition) is 4. The van der Waals surface area contributed by atoms with Crippen molar-refractivity contribution in [2.45, 2.75) is 6.54 Å². The van der Waals surface area contributed by atoms with Crippen molar-refractivity contribution in [2.24, 2.45) is 0 Å². The molecule has 0 unspecified atom stereocenters. The second kappa shape index (κ2) is 6.53. The summed E-state index contributed by atoms with van der Waals surface area (Å²) < 4.78 is 7.41. The van der Waals surface area contributed by atoms with Crippen molar-refractivity contribution in [3.05, 3.63) is 60.6 Å². The highest BCUT2D eigenvalue weighted by molar-refractivity contribution is 5.51. The van der Waals surface area contributed by atoms with Gasteiger partial charge >= 0.3 is 0 Å². The van der Waals surface area contributed by atoms with E-state index < -0.39 is 0 Å². The van der Waals surface area contributed by atoms with E-state index in [9.17, 15) is 0 Å². The van der Waals surface area contributed by atoms with Gasteiger partial charge in [-0.1, -0.05) is 12.1 Å². The number of anilines is 1. The van der Waals surface area contributed by atoms with Gasteiger partial charge in [-0.05, 0) is 24.3 Å². The van der Waals surface area contributed by atoms with Gasteiger partial charge in [-0.15, -0.1) is 0 Å². The number of rotatable bonds is 4. The van der Waals surface area contributed by atoms with Crippen LogP contribution in [0, 0.1) is 0 Å². The molecule has 0 bridgehead atoms. The maximum absolute atomic E-state index is 5.33. The third-order valence-electron chi connectivity index (χ3n) is 4.59. The van der Waals surface area contributed by atoms with Gasteiger partial charge in [-0.2, -0.15) is 0 Å². The van der Waals surface area contributed by atoms with Crippen LogP contribution in [-0.2, 0) is 6.54 Å². The first-order chi connectivity index (χ1) is 11.8. The summed E-state index contributed by atoms with van der Waals surface area (Å²) in [6, 6.07) is 14.4. The number of methoxy groups -OCH3 is 1. The Morgan fingerprint density at radius 2 is 1.92 bits per heavy atom. The van der Waals surface area contributed by atoms with E-state index in [1.165, 1.54) is 5.69 Å². The monoisotopic (exact) mass is 322 g/mol. The first kappa shape index (κ1) is 15.0. The topological polar surface area (TPSA) is 33.0 Å². The Hall–Kier alpha value is -2.53. The van der Waals surface area contributed by atoms with Crippen molar-refractivity contribution in [1.29, 1.82) is 0 Å². The molecule has 0 atom stereocenters. The minimum atomic E-state index is 0.910. The van der Waals surface area contributed by atoms with E-state index in [0.29, 0.717) is 0 Å². The normalized spacial score (nSPS) is 15.8. The van der Waals surface area contributed by atoms with Gasteiger partial charge in [0, 0.05) is 56.9 Å². The highest BCUT2D eigenvalue weighted by Crippen LogP contribution is 2.22. The first-order valence-electron chi connectivity index (χ1n) is 8.36. The van der Waals surface area contributed by atoms with Gasteiger partial charge in [-0.25, -0.2) is 4.98 Å². The maximum atomic E-state index is 5.33. The third-order valence-corrected chi connectivity index (χ3v) is 4.59. The lowest BCUT2D eigenvalue weighted by Crippen LogP contribution is -2.46. The molecule has 124 valence electrons. The summed E-state index contributed by atoms with van der Waals surface area (Å²) >= 11 is 0. The zero-order valence-corrected chi connectivity index (χ0v) is 13.9. The Morgan fingerprint density at radius 1 is 1.04 bits per heavy atom. The number of pyridine rings is 1. The van der Waals surface area contributed by atoms with Crippen LogP contribution in [0.1, 0.15) is 5.69 Å². The number of fused-ring (bicyclic) bond motifs is 1. The molecule has 3 aromatic rings. The zero-order valence-electron chi connectivity index (χ0n) is 13.9. The van der Waals surface area contributed by atoms with Crippen LogP contribution in [0.25, 0.3) is 5.65 Å². The van der Waals surface area contributed by atoms with Crippen LogP contribution in [0.3, 0.4) is 0 Å². The smallest absolute Gasteiger partial charge is 0.137 e. The molecule has 0 radical (unpaired) electrons. The SMILES string of the molecule is COc1cccc(N2CCN(Cc3cn4ccccc4n3)CC2)c1. The van der Waals surface area contributed by atoms with Crippen molar-refractivity contribution in [3.63, 3.8) is 0 Å². The molecular weight excluding hydrogens is 300 g/mol. The van der Waals surface area contributed by atoms with Gasteiger partial charge in [-0.3, -0.25) is 4.90 Å². The Labute approximate surface area is 142 Å². The molecule has 0 saturated carbocycles. The Morgan fingerprint density at radius 3 is 2.71 bits per heavy atom. The number of aromatic nitrogens is 2. The molecule has 2 aromatic heterocycles. The molecule has 1 aliphatic heterocycles. The van der Waals surface area contributed by atoms with Gasteiger partial charge in [0.25, 0.3) is 0 Å². The molecule has 0 amide bonds. The van der Waals surface area contributed by atoms with Crippen LogP contribution in [0.5, 0.6) is 5.75 Å². The standard InChI is InChI=1S/C19H22N4O/c1-24-18-6-4-5-17(13-18)22-11-9-21(10-12-22)14-16-15-23-8-3-2-7-19(23)20-16/h2-8,13,15H,9-12,14H2,1H3. The number of nitrogens with zero attached hydrogens (tertiary/aromatic N) is 4. The Kier molecular flexibility index (Phi) is 4.09. The second-order valence-electron chi connectivity index (χ2n) is 6.16. The zero-order chi connectivity index (χ0) is 16.4. The lowest BCUT2D eigenvalue weighted by Gasteiger charge is -2.35. The van der Waals surface area contributed by atoms with E-state index in [2.05, 4.69) is 38.6 Å². The van der Waals surface area contributed by atoms with Crippen LogP contribution in [0.15, 0.2) is 54.9 Å². The van der Waals surface area contributed by atoms with Crippen LogP contribution >= 0.6 is 0 Å². The molecule has 3 heterocycles. The largest absolute Gasteiger partial charge is 0.497 e. The maximum Gasteiger partial charge on any atom is 0.137 e. The summed E-state index contributed by atoms with van der Waals surface area (Å²) in [4.78, 5) is 9.59. The van der Waals surface area contributed by atoms with E-state index in [1.54, 1.807) is 7.11 Å². The van der Waals surface area contributed by atoms with Gasteiger partial charge in [0.1, 0.15) is 11.4 Å².